The second-order valence-electron chi connectivity index (χ2n) is 3.75. The van der Waals surface area contributed by atoms with Crippen molar-refractivity contribution in [2.24, 2.45) is 0 Å². The summed E-state index contributed by atoms with van der Waals surface area (Å²) in [6.45, 7) is 0. The summed E-state index contributed by atoms with van der Waals surface area (Å²) in [6.07, 6.45) is 0. The van der Waals surface area contributed by atoms with E-state index in [2.05, 4.69) is 31.0 Å². The molecule has 0 saturated heterocycles. The Bertz CT molecular complexity index is 842. The minimum atomic E-state index is -0.488. The zero-order valence-electron chi connectivity index (χ0n) is 9.26. The Morgan fingerprint density at radius 3 is 2.84 bits per heavy atom. The molecule has 0 amide bonds. The average Bonchev–Trinajstić information content (AvgIpc) is 2.72. The minimum absolute atomic E-state index is 0.0514. The molecule has 0 spiro atoms. The van der Waals surface area contributed by atoms with Crippen LogP contribution in [0.25, 0.3) is 16.9 Å². The third kappa shape index (κ3) is 1.91. The summed E-state index contributed by atoms with van der Waals surface area (Å²) < 4.78 is 1.39. The smallest absolute Gasteiger partial charge is 0.264 e. The van der Waals surface area contributed by atoms with Crippen LogP contribution in [-0.2, 0) is 0 Å². The third-order valence-corrected chi connectivity index (χ3v) is 3.27. The molecule has 2 heterocycles. The Balaban J connectivity index is 2.42. The van der Waals surface area contributed by atoms with E-state index in [4.69, 9.17) is 11.6 Å². The fraction of sp³-hybridized carbons (Fsp3) is 0. The first-order valence-electron chi connectivity index (χ1n) is 5.20. The Morgan fingerprint density at radius 1 is 1.37 bits per heavy atom. The summed E-state index contributed by atoms with van der Waals surface area (Å²) in [5, 5.41) is 14.5. The van der Waals surface area contributed by atoms with Gasteiger partial charge in [0, 0.05) is 10.6 Å². The molecule has 0 aliphatic rings. The predicted octanol–water partition coefficient (Wildman–Crippen LogP) is 2.21. The molecule has 2 aromatic heterocycles. The Hall–Kier alpha value is -1.86. The van der Waals surface area contributed by atoms with E-state index in [1.807, 2.05) is 0 Å². The van der Waals surface area contributed by atoms with Crippen molar-refractivity contribution in [1.82, 2.24) is 19.6 Å². The number of hydrogen-bond acceptors (Lipinski definition) is 4. The molecule has 0 radical (unpaired) electrons. The molecule has 3 rings (SSSR count). The molecule has 0 atom stereocenters. The molecule has 0 saturated carbocycles. The predicted molar refractivity (Wildman–Crippen MR) is 73.4 cm³/mol. The molecule has 1 aromatic carbocycles. The number of halogens is 2. The fourth-order valence-corrected chi connectivity index (χ4v) is 2.35. The Kier molecular flexibility index (Phi) is 2.79. The van der Waals surface area contributed by atoms with Gasteiger partial charge in [0.2, 0.25) is 16.4 Å². The van der Waals surface area contributed by atoms with Crippen LogP contribution in [0.4, 0.5) is 0 Å². The van der Waals surface area contributed by atoms with Gasteiger partial charge in [0.15, 0.2) is 0 Å². The van der Waals surface area contributed by atoms with E-state index in [1.165, 1.54) is 0 Å². The zero-order chi connectivity index (χ0) is 13.6. The number of nitrogens with one attached hydrogen (secondary N) is 1. The molecule has 0 aliphatic carbocycles. The van der Waals surface area contributed by atoms with Crippen molar-refractivity contribution in [3.8, 4) is 17.0 Å². The van der Waals surface area contributed by atoms with Gasteiger partial charge in [-0.3, -0.25) is 9.78 Å². The summed E-state index contributed by atoms with van der Waals surface area (Å²) in [4.78, 5) is 18.5. The van der Waals surface area contributed by atoms with E-state index in [-0.39, 0.29) is 22.0 Å². The van der Waals surface area contributed by atoms with Crippen molar-refractivity contribution >= 4 is 33.3 Å². The van der Waals surface area contributed by atoms with Crippen LogP contribution in [0, 0.1) is 0 Å². The van der Waals surface area contributed by atoms with E-state index in [0.29, 0.717) is 10.6 Å². The monoisotopic (exact) mass is 340 g/mol. The fourth-order valence-electron chi connectivity index (χ4n) is 1.79. The van der Waals surface area contributed by atoms with Crippen LogP contribution in [0.1, 0.15) is 0 Å². The van der Waals surface area contributed by atoms with Gasteiger partial charge in [-0.1, -0.05) is 29.8 Å². The van der Waals surface area contributed by atoms with Crippen molar-refractivity contribution < 1.29 is 5.11 Å². The quantitative estimate of drug-likeness (QED) is 0.711. The number of H-pyrrole nitrogens is 1. The van der Waals surface area contributed by atoms with Crippen molar-refractivity contribution in [3.63, 3.8) is 0 Å². The van der Waals surface area contributed by atoms with Crippen LogP contribution >= 0.6 is 27.5 Å². The molecule has 0 unspecified atom stereocenters. The first-order chi connectivity index (χ1) is 9.08. The Labute approximate surface area is 119 Å². The highest BCUT2D eigenvalue weighted by Crippen LogP contribution is 2.30. The maximum absolute atomic E-state index is 12.0. The van der Waals surface area contributed by atoms with Crippen molar-refractivity contribution in [3.05, 3.63) is 44.4 Å². The summed E-state index contributed by atoms with van der Waals surface area (Å²) in [5.41, 5.74) is -0.00932. The van der Waals surface area contributed by atoms with E-state index in [0.717, 1.165) is 4.52 Å². The van der Waals surface area contributed by atoms with Crippen LogP contribution < -0.4 is 5.56 Å². The number of aromatic nitrogens is 4. The SMILES string of the molecule is O=c1[nH]c2nc(Br)nn2c(O)c1-c1ccccc1Cl. The van der Waals surface area contributed by atoms with Crippen molar-refractivity contribution in [1.29, 1.82) is 0 Å². The first-order valence-corrected chi connectivity index (χ1v) is 6.37. The molecule has 0 fully saturated rings. The molecule has 2 N–H and O–H groups in total. The summed E-state index contributed by atoms with van der Waals surface area (Å²) >= 11 is 9.12. The highest BCUT2D eigenvalue weighted by Gasteiger charge is 2.18. The number of aromatic amines is 1. The summed E-state index contributed by atoms with van der Waals surface area (Å²) in [6, 6.07) is 6.74. The maximum Gasteiger partial charge on any atom is 0.264 e. The van der Waals surface area contributed by atoms with Gasteiger partial charge in [-0.05, 0) is 22.0 Å². The lowest BCUT2D eigenvalue weighted by atomic mass is 10.1. The molecule has 96 valence electrons. The zero-order valence-corrected chi connectivity index (χ0v) is 11.6. The van der Waals surface area contributed by atoms with Gasteiger partial charge in [-0.25, -0.2) is 0 Å². The van der Waals surface area contributed by atoms with Gasteiger partial charge in [-0.15, -0.1) is 5.10 Å². The van der Waals surface area contributed by atoms with Crippen LogP contribution in [0.15, 0.2) is 33.8 Å². The van der Waals surface area contributed by atoms with E-state index in [9.17, 15) is 9.90 Å². The molecule has 6 nitrogen and oxygen atoms in total. The van der Waals surface area contributed by atoms with Crippen LogP contribution in [0.5, 0.6) is 5.88 Å². The average molecular weight is 342 g/mol. The maximum atomic E-state index is 12.0. The number of fused-ring (bicyclic) bond motifs is 1. The second kappa shape index (κ2) is 4.36. The van der Waals surface area contributed by atoms with E-state index < -0.39 is 5.56 Å². The number of nitrogens with zero attached hydrogens (tertiary/aromatic N) is 3. The lowest BCUT2D eigenvalue weighted by Gasteiger charge is -2.06. The van der Waals surface area contributed by atoms with Gasteiger partial charge < -0.3 is 5.11 Å². The van der Waals surface area contributed by atoms with Gasteiger partial charge in [0.1, 0.15) is 5.56 Å². The van der Waals surface area contributed by atoms with E-state index >= 15 is 0 Å². The lowest BCUT2D eigenvalue weighted by Crippen LogP contribution is -2.13. The molecule has 0 bridgehead atoms. The molecular weight excluding hydrogens is 336 g/mol. The van der Waals surface area contributed by atoms with Crippen LogP contribution in [0.2, 0.25) is 5.02 Å². The number of hydrogen-bond donors (Lipinski definition) is 2. The van der Waals surface area contributed by atoms with Crippen LogP contribution in [0.3, 0.4) is 0 Å². The summed E-state index contributed by atoms with van der Waals surface area (Å²) in [5.74, 6) is -0.171. The Morgan fingerprint density at radius 2 is 2.11 bits per heavy atom. The summed E-state index contributed by atoms with van der Waals surface area (Å²) in [7, 11) is 0. The highest BCUT2D eigenvalue weighted by molar-refractivity contribution is 9.10. The third-order valence-electron chi connectivity index (χ3n) is 2.60. The minimum Gasteiger partial charge on any atom is -0.493 e. The number of aromatic hydroxyl groups is 1. The standard InChI is InChI=1S/C11H6BrClN4O2/c12-10-15-11-14-8(18)7(9(19)17(11)16-10)5-3-1-2-4-6(5)13/h1-4,19H,(H,14,15,16,18). The van der Waals surface area contributed by atoms with Gasteiger partial charge in [0.05, 0.1) is 0 Å². The first kappa shape index (κ1) is 12.2. The van der Waals surface area contributed by atoms with Crippen molar-refractivity contribution in [2.75, 3.05) is 0 Å². The molecule has 8 heteroatoms. The largest absolute Gasteiger partial charge is 0.493 e. The second-order valence-corrected chi connectivity index (χ2v) is 4.87. The topological polar surface area (TPSA) is 83.3 Å². The van der Waals surface area contributed by atoms with Gasteiger partial charge >= 0.3 is 0 Å². The molecule has 19 heavy (non-hydrogen) atoms. The molecular formula is C11H6BrClN4O2. The van der Waals surface area contributed by atoms with Crippen LogP contribution in [-0.4, -0.2) is 24.7 Å². The molecule has 3 aromatic rings. The van der Waals surface area contributed by atoms with Gasteiger partial charge in [0.25, 0.3) is 5.56 Å². The van der Waals surface area contributed by atoms with E-state index in [1.54, 1.807) is 24.3 Å². The lowest BCUT2D eigenvalue weighted by molar-refractivity contribution is 0.436. The highest BCUT2D eigenvalue weighted by atomic mass is 79.9. The molecule has 0 aliphatic heterocycles. The van der Waals surface area contributed by atoms with Gasteiger partial charge in [-0.2, -0.15) is 9.50 Å². The normalized spacial score (nSPS) is 11.1. The number of benzene rings is 1. The number of rotatable bonds is 1. The van der Waals surface area contributed by atoms with Crippen molar-refractivity contribution in [2.45, 2.75) is 0 Å².